The van der Waals surface area contributed by atoms with Crippen LogP contribution >= 0.6 is 0 Å². The number of aromatic nitrogens is 3. The summed E-state index contributed by atoms with van der Waals surface area (Å²) in [5, 5.41) is 7.18. The first kappa shape index (κ1) is 14.6. The summed E-state index contributed by atoms with van der Waals surface area (Å²) in [6.45, 7) is 5.09. The summed E-state index contributed by atoms with van der Waals surface area (Å²) in [5.74, 6) is 0.419. The average molecular weight is 280 g/mol. The molecule has 0 unspecified atom stereocenters. The maximum Gasteiger partial charge on any atom is 0.280 e. The Kier molecular flexibility index (Phi) is 4.79. The van der Waals surface area contributed by atoms with Gasteiger partial charge in [0.25, 0.3) is 6.43 Å². The van der Waals surface area contributed by atoms with Gasteiger partial charge >= 0.3 is 0 Å². The van der Waals surface area contributed by atoms with E-state index in [1.165, 1.54) is 10.9 Å². The van der Waals surface area contributed by atoms with E-state index >= 15 is 0 Å². The van der Waals surface area contributed by atoms with Crippen molar-refractivity contribution < 1.29 is 8.78 Å². The first-order valence-corrected chi connectivity index (χ1v) is 6.62. The fraction of sp³-hybridized carbons (Fsp3) is 0.429. The van der Waals surface area contributed by atoms with Crippen molar-refractivity contribution in [2.24, 2.45) is 0 Å². The third kappa shape index (κ3) is 3.19. The number of hydrogen-bond acceptors (Lipinski definition) is 3. The second kappa shape index (κ2) is 6.56. The number of aryl methyl sites for hydroxylation is 1. The number of alkyl halides is 2. The SMILES string of the molecule is CCCNCc1cnn(-c2cc(C)ccn2)c1C(F)F. The molecule has 0 aliphatic carbocycles. The second-order valence-corrected chi connectivity index (χ2v) is 4.64. The minimum Gasteiger partial charge on any atom is -0.313 e. The van der Waals surface area contributed by atoms with Crippen molar-refractivity contribution in [1.82, 2.24) is 20.1 Å². The van der Waals surface area contributed by atoms with E-state index in [9.17, 15) is 8.78 Å². The Morgan fingerprint density at radius 3 is 2.85 bits per heavy atom. The molecular formula is C14H18F2N4. The van der Waals surface area contributed by atoms with Gasteiger partial charge in [0.2, 0.25) is 0 Å². The molecular weight excluding hydrogens is 262 g/mol. The Morgan fingerprint density at radius 2 is 2.20 bits per heavy atom. The molecule has 2 aromatic rings. The van der Waals surface area contributed by atoms with Crippen molar-refractivity contribution in [2.45, 2.75) is 33.2 Å². The van der Waals surface area contributed by atoms with Gasteiger partial charge in [0.05, 0.1) is 6.20 Å². The van der Waals surface area contributed by atoms with Crippen LogP contribution in [0.1, 0.15) is 36.6 Å². The van der Waals surface area contributed by atoms with Gasteiger partial charge in [0.1, 0.15) is 5.69 Å². The summed E-state index contributed by atoms with van der Waals surface area (Å²) in [6, 6.07) is 3.56. The minimum atomic E-state index is -2.58. The molecule has 2 rings (SSSR count). The van der Waals surface area contributed by atoms with Gasteiger partial charge < -0.3 is 5.32 Å². The van der Waals surface area contributed by atoms with Gasteiger partial charge in [0, 0.05) is 18.3 Å². The monoisotopic (exact) mass is 280 g/mol. The maximum atomic E-state index is 13.3. The van der Waals surface area contributed by atoms with Crippen molar-refractivity contribution in [3.8, 4) is 5.82 Å². The van der Waals surface area contributed by atoms with E-state index in [-0.39, 0.29) is 5.69 Å². The predicted molar refractivity (Wildman–Crippen MR) is 73.1 cm³/mol. The molecule has 0 aliphatic heterocycles. The molecule has 0 saturated carbocycles. The smallest absolute Gasteiger partial charge is 0.280 e. The maximum absolute atomic E-state index is 13.3. The number of nitrogens with zero attached hydrogens (tertiary/aromatic N) is 3. The largest absolute Gasteiger partial charge is 0.313 e. The number of halogens is 2. The Bertz CT molecular complexity index is 566. The fourth-order valence-corrected chi connectivity index (χ4v) is 1.98. The highest BCUT2D eigenvalue weighted by Crippen LogP contribution is 2.25. The standard InChI is InChI=1S/C14H18F2N4/c1-3-5-17-8-11-9-19-20(13(11)14(15)16)12-7-10(2)4-6-18-12/h4,6-7,9,14,17H,3,5,8H2,1-2H3. The molecule has 20 heavy (non-hydrogen) atoms. The van der Waals surface area contributed by atoms with Crippen LogP contribution in [0.25, 0.3) is 5.82 Å². The van der Waals surface area contributed by atoms with Crippen LogP contribution in [-0.4, -0.2) is 21.3 Å². The van der Waals surface area contributed by atoms with Crippen LogP contribution in [0.5, 0.6) is 0 Å². The van der Waals surface area contributed by atoms with Gasteiger partial charge in [-0.05, 0) is 37.6 Å². The molecule has 6 heteroatoms. The van der Waals surface area contributed by atoms with E-state index in [0.29, 0.717) is 17.9 Å². The third-order valence-corrected chi connectivity index (χ3v) is 2.95. The second-order valence-electron chi connectivity index (χ2n) is 4.64. The summed E-state index contributed by atoms with van der Waals surface area (Å²) in [6.07, 6.45) is 1.45. The number of nitrogens with one attached hydrogen (secondary N) is 1. The number of hydrogen-bond donors (Lipinski definition) is 1. The molecule has 0 radical (unpaired) electrons. The summed E-state index contributed by atoms with van der Waals surface area (Å²) < 4.78 is 27.8. The molecule has 0 atom stereocenters. The van der Waals surface area contributed by atoms with E-state index in [0.717, 1.165) is 18.5 Å². The zero-order chi connectivity index (χ0) is 14.5. The van der Waals surface area contributed by atoms with Gasteiger partial charge in [-0.3, -0.25) is 0 Å². The zero-order valence-electron chi connectivity index (χ0n) is 11.6. The van der Waals surface area contributed by atoms with Crippen LogP contribution in [0.4, 0.5) is 8.78 Å². The van der Waals surface area contributed by atoms with Crippen LogP contribution in [-0.2, 0) is 6.54 Å². The zero-order valence-corrected chi connectivity index (χ0v) is 11.6. The van der Waals surface area contributed by atoms with Gasteiger partial charge in [-0.2, -0.15) is 5.10 Å². The normalized spacial score (nSPS) is 11.2. The Labute approximate surface area is 116 Å². The molecule has 0 fully saturated rings. The highest BCUT2D eigenvalue weighted by molar-refractivity contribution is 5.32. The molecule has 0 spiro atoms. The molecule has 108 valence electrons. The molecule has 1 N–H and O–H groups in total. The Hall–Kier alpha value is -1.82. The van der Waals surface area contributed by atoms with E-state index in [2.05, 4.69) is 15.4 Å². The highest BCUT2D eigenvalue weighted by atomic mass is 19.3. The van der Waals surface area contributed by atoms with Crippen molar-refractivity contribution in [2.75, 3.05) is 6.54 Å². The average Bonchev–Trinajstić information content (AvgIpc) is 2.83. The highest BCUT2D eigenvalue weighted by Gasteiger charge is 2.21. The van der Waals surface area contributed by atoms with Gasteiger partial charge in [-0.1, -0.05) is 6.92 Å². The van der Waals surface area contributed by atoms with E-state index in [4.69, 9.17) is 0 Å². The predicted octanol–water partition coefficient (Wildman–Crippen LogP) is 3.01. The molecule has 4 nitrogen and oxygen atoms in total. The van der Waals surface area contributed by atoms with E-state index < -0.39 is 6.43 Å². The van der Waals surface area contributed by atoms with Gasteiger partial charge in [-0.25, -0.2) is 18.4 Å². The van der Waals surface area contributed by atoms with Crippen LogP contribution in [0.3, 0.4) is 0 Å². The molecule has 0 aromatic carbocycles. The molecule has 0 saturated heterocycles. The minimum absolute atomic E-state index is 0.0910. The topological polar surface area (TPSA) is 42.7 Å². The van der Waals surface area contributed by atoms with Crippen LogP contribution < -0.4 is 5.32 Å². The summed E-state index contributed by atoms with van der Waals surface area (Å²) in [7, 11) is 0. The summed E-state index contributed by atoms with van der Waals surface area (Å²) in [5.41, 5.74) is 1.37. The summed E-state index contributed by atoms with van der Waals surface area (Å²) >= 11 is 0. The van der Waals surface area contributed by atoms with Crippen LogP contribution in [0.2, 0.25) is 0 Å². The van der Waals surface area contributed by atoms with Crippen LogP contribution in [0.15, 0.2) is 24.5 Å². The van der Waals surface area contributed by atoms with Crippen molar-refractivity contribution >= 4 is 0 Å². The van der Waals surface area contributed by atoms with Gasteiger partial charge in [-0.15, -0.1) is 0 Å². The van der Waals surface area contributed by atoms with Crippen LogP contribution in [0, 0.1) is 6.92 Å². The fourth-order valence-electron chi connectivity index (χ4n) is 1.98. The van der Waals surface area contributed by atoms with E-state index in [1.807, 2.05) is 19.9 Å². The number of pyridine rings is 1. The van der Waals surface area contributed by atoms with Gasteiger partial charge in [0.15, 0.2) is 5.82 Å². The molecule has 2 heterocycles. The molecule has 0 bridgehead atoms. The van der Waals surface area contributed by atoms with Crippen molar-refractivity contribution in [3.05, 3.63) is 41.3 Å². The lowest BCUT2D eigenvalue weighted by molar-refractivity contribution is 0.141. The Morgan fingerprint density at radius 1 is 1.40 bits per heavy atom. The molecule has 2 aromatic heterocycles. The quantitative estimate of drug-likeness (QED) is 0.827. The van der Waals surface area contributed by atoms with Crippen molar-refractivity contribution in [1.29, 1.82) is 0 Å². The molecule has 0 aliphatic rings. The van der Waals surface area contributed by atoms with Crippen molar-refractivity contribution in [3.63, 3.8) is 0 Å². The number of rotatable bonds is 6. The Balaban J connectivity index is 2.34. The lowest BCUT2D eigenvalue weighted by Crippen LogP contribution is -2.15. The third-order valence-electron chi connectivity index (χ3n) is 2.95. The first-order chi connectivity index (χ1) is 9.63. The lowest BCUT2D eigenvalue weighted by Gasteiger charge is -2.09. The molecule has 0 amide bonds. The summed E-state index contributed by atoms with van der Waals surface area (Å²) in [4.78, 5) is 4.11. The lowest BCUT2D eigenvalue weighted by atomic mass is 10.2. The van der Waals surface area contributed by atoms with E-state index in [1.54, 1.807) is 12.3 Å². The first-order valence-electron chi connectivity index (χ1n) is 6.62.